The molecule has 0 radical (unpaired) electrons. The van der Waals surface area contributed by atoms with Gasteiger partial charge in [-0.2, -0.15) is 0 Å². The summed E-state index contributed by atoms with van der Waals surface area (Å²) < 4.78 is 8.40. The van der Waals surface area contributed by atoms with E-state index in [9.17, 15) is 9.90 Å². The van der Waals surface area contributed by atoms with E-state index in [0.29, 0.717) is 31.2 Å². The Hall–Kier alpha value is -3.13. The lowest BCUT2D eigenvalue weighted by molar-refractivity contribution is 0.317. The normalized spacial score (nSPS) is 16.6. The van der Waals surface area contributed by atoms with Crippen LogP contribution in [0.2, 0.25) is 5.02 Å². The topological polar surface area (TPSA) is 63.8 Å². The first-order valence-electron chi connectivity index (χ1n) is 12.0. The molecule has 1 atom stereocenters. The Morgan fingerprint density at radius 2 is 1.97 bits per heavy atom. The van der Waals surface area contributed by atoms with E-state index in [1.165, 1.54) is 16.9 Å². The molecule has 37 heavy (non-hydrogen) atoms. The number of allylic oxidation sites excluding steroid dienone is 1. The van der Waals surface area contributed by atoms with Crippen molar-refractivity contribution >= 4 is 50.6 Å². The Labute approximate surface area is 230 Å². The van der Waals surface area contributed by atoms with E-state index in [2.05, 4.69) is 34.1 Å². The molecule has 1 aliphatic carbocycles. The number of ether oxygens (including phenoxy) is 1. The fourth-order valence-electron chi connectivity index (χ4n) is 5.09. The highest BCUT2D eigenvalue weighted by atomic mass is 79.9. The molecule has 0 saturated heterocycles. The van der Waals surface area contributed by atoms with Crippen LogP contribution in [0.3, 0.4) is 0 Å². The average Bonchev–Trinajstić information content (AvgIpc) is 3.20. The van der Waals surface area contributed by atoms with Gasteiger partial charge in [-0.3, -0.25) is 9.36 Å². The second-order valence-electron chi connectivity index (χ2n) is 8.92. The Kier molecular flexibility index (Phi) is 6.31. The van der Waals surface area contributed by atoms with Crippen LogP contribution in [0.15, 0.2) is 80.5 Å². The van der Waals surface area contributed by atoms with E-state index in [0.717, 1.165) is 40.8 Å². The highest BCUT2D eigenvalue weighted by molar-refractivity contribution is 9.10. The molecule has 8 heteroatoms. The first kappa shape index (κ1) is 24.2. The third-order valence-electron chi connectivity index (χ3n) is 6.72. The van der Waals surface area contributed by atoms with Crippen LogP contribution in [0.4, 0.5) is 0 Å². The molecule has 3 aromatic carbocycles. The lowest BCUT2D eigenvalue weighted by atomic mass is 9.83. The van der Waals surface area contributed by atoms with Gasteiger partial charge in [0, 0.05) is 10.6 Å². The van der Waals surface area contributed by atoms with Gasteiger partial charge in [0.15, 0.2) is 16.3 Å². The van der Waals surface area contributed by atoms with Gasteiger partial charge in [0.1, 0.15) is 0 Å². The van der Waals surface area contributed by atoms with Crippen LogP contribution in [0.5, 0.6) is 11.5 Å². The van der Waals surface area contributed by atoms with E-state index < -0.39 is 0 Å². The van der Waals surface area contributed by atoms with Crippen molar-refractivity contribution in [3.05, 3.63) is 118 Å². The monoisotopic (exact) mass is 592 g/mol. The second-order valence-corrected chi connectivity index (χ2v) is 11.2. The largest absolute Gasteiger partial charge is 0.503 e. The molecule has 0 saturated carbocycles. The number of hydrogen-bond acceptors (Lipinski definition) is 5. The van der Waals surface area contributed by atoms with Gasteiger partial charge in [-0.25, -0.2) is 4.99 Å². The summed E-state index contributed by atoms with van der Waals surface area (Å²) in [5.41, 5.74) is 5.93. The van der Waals surface area contributed by atoms with Crippen molar-refractivity contribution < 1.29 is 9.84 Å². The number of phenolic OH excluding ortho intramolecular Hbond substituents is 1. The molecule has 6 rings (SSSR count). The van der Waals surface area contributed by atoms with Crippen LogP contribution in [0.1, 0.15) is 41.6 Å². The molecule has 0 amide bonds. The van der Waals surface area contributed by atoms with Crippen molar-refractivity contribution in [1.29, 1.82) is 0 Å². The molecule has 186 valence electrons. The van der Waals surface area contributed by atoms with Gasteiger partial charge in [-0.1, -0.05) is 65.4 Å². The molecule has 0 bridgehead atoms. The smallest absolute Gasteiger partial charge is 0.271 e. The average molecular weight is 594 g/mol. The Morgan fingerprint density at radius 3 is 2.78 bits per heavy atom. The summed E-state index contributed by atoms with van der Waals surface area (Å²) in [5.74, 6) is 0.391. The molecule has 0 fully saturated rings. The van der Waals surface area contributed by atoms with Crippen LogP contribution in [0, 0.1) is 0 Å². The highest BCUT2D eigenvalue weighted by Gasteiger charge is 2.33. The van der Waals surface area contributed by atoms with E-state index in [4.69, 9.17) is 21.3 Å². The Bertz CT molecular complexity index is 1770. The summed E-state index contributed by atoms with van der Waals surface area (Å²) >= 11 is 11.5. The number of nitrogens with zero attached hydrogens (tertiary/aromatic N) is 2. The molecule has 0 spiro atoms. The van der Waals surface area contributed by atoms with Crippen LogP contribution in [-0.2, 0) is 6.42 Å². The predicted octanol–water partition coefficient (Wildman–Crippen LogP) is 5.84. The number of benzene rings is 3. The summed E-state index contributed by atoms with van der Waals surface area (Å²) in [5, 5.41) is 10.9. The quantitative estimate of drug-likeness (QED) is 0.324. The maximum absolute atomic E-state index is 13.9. The van der Waals surface area contributed by atoms with Crippen LogP contribution in [0.25, 0.3) is 11.8 Å². The highest BCUT2D eigenvalue weighted by Crippen LogP contribution is 2.42. The van der Waals surface area contributed by atoms with Crippen molar-refractivity contribution in [1.82, 2.24) is 4.57 Å². The number of thiazole rings is 1. The number of rotatable bonds is 4. The number of aromatic hydroxyl groups is 1. The molecular weight excluding hydrogens is 572 g/mol. The summed E-state index contributed by atoms with van der Waals surface area (Å²) in [6.45, 7) is 2.27. The number of hydrogen-bond donors (Lipinski definition) is 1. The molecule has 2 aliphatic rings. The maximum Gasteiger partial charge on any atom is 0.271 e. The SMILES string of the molecule is CCOc1cc(C=c2sc3n(c2=O)C(c2ccccc2Cl)C2=C(N=3)c3ccccc3CC2)cc(Br)c1O. The van der Waals surface area contributed by atoms with Crippen molar-refractivity contribution in [3.63, 3.8) is 0 Å². The maximum atomic E-state index is 13.9. The van der Waals surface area contributed by atoms with Crippen LogP contribution in [-0.4, -0.2) is 16.3 Å². The Morgan fingerprint density at radius 1 is 1.19 bits per heavy atom. The number of aromatic nitrogens is 1. The molecule has 1 unspecified atom stereocenters. The summed E-state index contributed by atoms with van der Waals surface area (Å²) in [7, 11) is 0. The van der Waals surface area contributed by atoms with Gasteiger partial charge in [0.05, 0.1) is 27.4 Å². The zero-order chi connectivity index (χ0) is 25.7. The zero-order valence-electron chi connectivity index (χ0n) is 19.9. The van der Waals surface area contributed by atoms with Gasteiger partial charge in [-0.15, -0.1) is 0 Å². The number of halogens is 2. The van der Waals surface area contributed by atoms with Crippen molar-refractivity contribution in [2.45, 2.75) is 25.8 Å². The first-order valence-corrected chi connectivity index (χ1v) is 14.0. The van der Waals surface area contributed by atoms with E-state index in [1.54, 1.807) is 16.7 Å². The lowest BCUT2D eigenvalue weighted by Crippen LogP contribution is -2.38. The second kappa shape index (κ2) is 9.63. The first-order chi connectivity index (χ1) is 18.0. The Balaban J connectivity index is 1.60. The van der Waals surface area contributed by atoms with Crippen LogP contribution < -0.4 is 19.6 Å². The van der Waals surface area contributed by atoms with E-state index in [1.807, 2.05) is 43.3 Å². The molecule has 2 heterocycles. The third-order valence-corrected chi connectivity index (χ3v) is 8.65. The van der Waals surface area contributed by atoms with Crippen molar-refractivity contribution in [2.24, 2.45) is 4.99 Å². The molecule has 4 aromatic rings. The van der Waals surface area contributed by atoms with Gasteiger partial charge >= 0.3 is 0 Å². The minimum atomic E-state index is -0.332. The van der Waals surface area contributed by atoms with Crippen molar-refractivity contribution in [2.75, 3.05) is 6.61 Å². The molecule has 1 aliphatic heterocycles. The third kappa shape index (κ3) is 4.15. The number of phenols is 1. The van der Waals surface area contributed by atoms with Crippen LogP contribution >= 0.6 is 38.9 Å². The summed E-state index contributed by atoms with van der Waals surface area (Å²) in [4.78, 5) is 19.6. The fraction of sp³-hybridized carbons (Fsp3) is 0.172. The molecule has 1 N–H and O–H groups in total. The summed E-state index contributed by atoms with van der Waals surface area (Å²) in [6, 6.07) is 19.2. The molecule has 5 nitrogen and oxygen atoms in total. The summed E-state index contributed by atoms with van der Waals surface area (Å²) in [6.07, 6.45) is 3.51. The standard InChI is InChI=1S/C29H22BrClN2O3S/c1-2-36-23-14-16(13-21(30)27(23)34)15-24-28(35)33-26(19-9-5-6-10-22(19)31)20-12-11-17-7-3-4-8-18(17)25(20)32-29(33)37-24/h3-10,13-15,26,34H,2,11-12H2,1H3. The number of aryl methyl sites for hydroxylation is 1. The van der Waals surface area contributed by atoms with Gasteiger partial charge < -0.3 is 9.84 Å². The van der Waals surface area contributed by atoms with E-state index in [-0.39, 0.29) is 17.4 Å². The molecule has 1 aromatic heterocycles. The predicted molar refractivity (Wildman–Crippen MR) is 151 cm³/mol. The minimum Gasteiger partial charge on any atom is -0.503 e. The number of fused-ring (bicyclic) bond motifs is 3. The van der Waals surface area contributed by atoms with Gasteiger partial charge in [0.25, 0.3) is 5.56 Å². The minimum absolute atomic E-state index is 0.0329. The lowest BCUT2D eigenvalue weighted by Gasteiger charge is -2.31. The van der Waals surface area contributed by atoms with Gasteiger partial charge in [-0.05, 0) is 82.2 Å². The van der Waals surface area contributed by atoms with Gasteiger partial charge in [0.2, 0.25) is 0 Å². The molecular formula is C29H22BrClN2O3S. The van der Waals surface area contributed by atoms with Crippen molar-refractivity contribution in [3.8, 4) is 11.5 Å². The fourth-order valence-corrected chi connectivity index (χ4v) is 6.79. The van der Waals surface area contributed by atoms with E-state index >= 15 is 0 Å². The zero-order valence-corrected chi connectivity index (χ0v) is 23.0.